The van der Waals surface area contributed by atoms with Crippen LogP contribution >= 0.6 is 11.8 Å². The summed E-state index contributed by atoms with van der Waals surface area (Å²) in [4.78, 5) is 15.0. The molecule has 0 spiro atoms. The number of amides is 1. The molecule has 2 nitrogen and oxygen atoms in total. The molecule has 0 N–H and O–H groups in total. The van der Waals surface area contributed by atoms with Gasteiger partial charge in [0, 0.05) is 29.8 Å². The zero-order valence-electron chi connectivity index (χ0n) is 11.0. The van der Waals surface area contributed by atoms with Gasteiger partial charge in [0.05, 0.1) is 0 Å². The van der Waals surface area contributed by atoms with E-state index in [9.17, 15) is 4.79 Å². The molecule has 2 aromatic carbocycles. The van der Waals surface area contributed by atoms with Crippen molar-refractivity contribution in [3.05, 3.63) is 60.7 Å². The van der Waals surface area contributed by atoms with Gasteiger partial charge in [-0.25, -0.2) is 0 Å². The number of rotatable bonds is 5. The Labute approximate surface area is 118 Å². The molecule has 0 aliphatic rings. The highest BCUT2D eigenvalue weighted by Crippen LogP contribution is 2.19. The quantitative estimate of drug-likeness (QED) is 0.770. The molecule has 0 aliphatic carbocycles. The Morgan fingerprint density at radius 1 is 1.00 bits per heavy atom. The molecule has 2 rings (SSSR count). The summed E-state index contributed by atoms with van der Waals surface area (Å²) >= 11 is 1.71. The van der Waals surface area contributed by atoms with Crippen LogP contribution in [0.5, 0.6) is 0 Å². The molecule has 0 unspecified atom stereocenters. The number of carbonyl (C=O) groups is 1. The second-order valence-electron chi connectivity index (χ2n) is 4.20. The van der Waals surface area contributed by atoms with Gasteiger partial charge in [-0.3, -0.25) is 4.79 Å². The number of benzene rings is 2. The lowest BCUT2D eigenvalue weighted by Gasteiger charge is -2.17. The molecule has 0 bridgehead atoms. The summed E-state index contributed by atoms with van der Waals surface area (Å²) in [7, 11) is 1.82. The van der Waals surface area contributed by atoms with Crippen LogP contribution in [0.2, 0.25) is 0 Å². The van der Waals surface area contributed by atoms with E-state index in [4.69, 9.17) is 0 Å². The number of carbonyl (C=O) groups excluding carboxylic acids is 1. The van der Waals surface area contributed by atoms with E-state index < -0.39 is 0 Å². The highest BCUT2D eigenvalue weighted by molar-refractivity contribution is 7.99. The molecule has 0 aliphatic heterocycles. The average molecular weight is 271 g/mol. The minimum atomic E-state index is 0.148. The van der Waals surface area contributed by atoms with Crippen molar-refractivity contribution in [2.45, 2.75) is 11.3 Å². The Kier molecular flexibility index (Phi) is 5.04. The summed E-state index contributed by atoms with van der Waals surface area (Å²) in [6, 6.07) is 19.9. The molecule has 2 aromatic rings. The maximum Gasteiger partial charge on any atom is 0.227 e. The third-order valence-corrected chi connectivity index (χ3v) is 3.86. The van der Waals surface area contributed by atoms with Crippen LogP contribution in [0.15, 0.2) is 65.6 Å². The molecule has 0 saturated carbocycles. The van der Waals surface area contributed by atoms with Gasteiger partial charge in [-0.05, 0) is 24.3 Å². The van der Waals surface area contributed by atoms with E-state index in [1.54, 1.807) is 16.7 Å². The zero-order valence-corrected chi connectivity index (χ0v) is 11.8. The summed E-state index contributed by atoms with van der Waals surface area (Å²) in [6.45, 7) is 0. The molecular formula is C16H17NOS. The summed E-state index contributed by atoms with van der Waals surface area (Å²) in [5, 5.41) is 0. The number of hydrogen-bond donors (Lipinski definition) is 0. The molecule has 0 radical (unpaired) electrons. The van der Waals surface area contributed by atoms with Gasteiger partial charge in [0.25, 0.3) is 0 Å². The predicted octanol–water partition coefficient (Wildman–Crippen LogP) is 3.83. The first-order chi connectivity index (χ1) is 9.27. The Morgan fingerprint density at radius 2 is 1.58 bits per heavy atom. The lowest BCUT2D eigenvalue weighted by molar-refractivity contribution is -0.117. The van der Waals surface area contributed by atoms with Crippen molar-refractivity contribution < 1.29 is 4.79 Å². The van der Waals surface area contributed by atoms with Crippen molar-refractivity contribution in [3.8, 4) is 0 Å². The fraction of sp³-hybridized carbons (Fsp3) is 0.188. The van der Waals surface area contributed by atoms with Crippen molar-refractivity contribution in [2.24, 2.45) is 0 Å². The van der Waals surface area contributed by atoms with Crippen LogP contribution in [0, 0.1) is 0 Å². The summed E-state index contributed by atoms with van der Waals surface area (Å²) < 4.78 is 0. The third-order valence-electron chi connectivity index (χ3n) is 2.85. The molecular weight excluding hydrogens is 254 g/mol. The first-order valence-electron chi connectivity index (χ1n) is 6.27. The fourth-order valence-corrected chi connectivity index (χ4v) is 2.60. The molecule has 0 fully saturated rings. The van der Waals surface area contributed by atoms with E-state index in [1.807, 2.05) is 55.6 Å². The second-order valence-corrected chi connectivity index (χ2v) is 5.37. The minimum Gasteiger partial charge on any atom is -0.315 e. The Balaban J connectivity index is 1.82. The van der Waals surface area contributed by atoms with Gasteiger partial charge in [-0.15, -0.1) is 11.8 Å². The molecule has 19 heavy (non-hydrogen) atoms. The van der Waals surface area contributed by atoms with Crippen molar-refractivity contribution in [1.29, 1.82) is 0 Å². The maximum atomic E-state index is 12.0. The molecule has 0 heterocycles. The van der Waals surface area contributed by atoms with Gasteiger partial charge in [0.15, 0.2) is 0 Å². The van der Waals surface area contributed by atoms with E-state index in [0.29, 0.717) is 6.42 Å². The summed E-state index contributed by atoms with van der Waals surface area (Å²) in [5.74, 6) is 0.953. The van der Waals surface area contributed by atoms with Crippen molar-refractivity contribution >= 4 is 23.4 Å². The molecule has 1 amide bonds. The summed E-state index contributed by atoms with van der Waals surface area (Å²) in [5.41, 5.74) is 0.942. The third kappa shape index (κ3) is 4.14. The number of anilines is 1. The van der Waals surface area contributed by atoms with Crippen LogP contribution < -0.4 is 4.90 Å². The molecule has 0 atom stereocenters. The number of thioether (sulfide) groups is 1. The lowest BCUT2D eigenvalue weighted by atomic mass is 10.3. The van der Waals surface area contributed by atoms with E-state index in [2.05, 4.69) is 12.1 Å². The highest BCUT2D eigenvalue weighted by Gasteiger charge is 2.09. The predicted molar refractivity (Wildman–Crippen MR) is 81.6 cm³/mol. The fourth-order valence-electron chi connectivity index (χ4n) is 1.74. The zero-order chi connectivity index (χ0) is 13.5. The monoisotopic (exact) mass is 271 g/mol. The van der Waals surface area contributed by atoms with Gasteiger partial charge >= 0.3 is 0 Å². The van der Waals surface area contributed by atoms with E-state index in [1.165, 1.54) is 4.90 Å². The van der Waals surface area contributed by atoms with Crippen LogP contribution in [0.25, 0.3) is 0 Å². The molecule has 3 heteroatoms. The maximum absolute atomic E-state index is 12.0. The Bertz CT molecular complexity index is 513. The van der Waals surface area contributed by atoms with Gasteiger partial charge < -0.3 is 4.90 Å². The minimum absolute atomic E-state index is 0.148. The molecule has 0 saturated heterocycles. The average Bonchev–Trinajstić information content (AvgIpc) is 2.48. The first kappa shape index (κ1) is 13.7. The van der Waals surface area contributed by atoms with Crippen LogP contribution in [-0.2, 0) is 4.79 Å². The van der Waals surface area contributed by atoms with E-state index in [0.717, 1.165) is 11.4 Å². The van der Waals surface area contributed by atoms with Gasteiger partial charge in [0.1, 0.15) is 0 Å². The SMILES string of the molecule is CN(C(=O)CCSc1ccccc1)c1ccccc1. The van der Waals surface area contributed by atoms with Gasteiger partial charge in [-0.2, -0.15) is 0 Å². The number of para-hydroxylation sites is 1. The van der Waals surface area contributed by atoms with Gasteiger partial charge in [0.2, 0.25) is 5.91 Å². The summed E-state index contributed by atoms with van der Waals surface area (Å²) in [6.07, 6.45) is 0.547. The van der Waals surface area contributed by atoms with E-state index >= 15 is 0 Å². The van der Waals surface area contributed by atoms with Crippen LogP contribution in [0.3, 0.4) is 0 Å². The highest BCUT2D eigenvalue weighted by atomic mass is 32.2. The lowest BCUT2D eigenvalue weighted by Crippen LogP contribution is -2.26. The Morgan fingerprint density at radius 3 is 2.21 bits per heavy atom. The van der Waals surface area contributed by atoms with Crippen molar-refractivity contribution in [3.63, 3.8) is 0 Å². The Hall–Kier alpha value is -1.74. The number of nitrogens with zero attached hydrogens (tertiary/aromatic N) is 1. The molecule has 98 valence electrons. The normalized spacial score (nSPS) is 10.2. The van der Waals surface area contributed by atoms with Crippen molar-refractivity contribution in [1.82, 2.24) is 0 Å². The number of hydrogen-bond acceptors (Lipinski definition) is 2. The van der Waals surface area contributed by atoms with Crippen LogP contribution in [0.4, 0.5) is 5.69 Å². The van der Waals surface area contributed by atoms with Crippen LogP contribution in [0.1, 0.15) is 6.42 Å². The molecule has 0 aromatic heterocycles. The van der Waals surface area contributed by atoms with E-state index in [-0.39, 0.29) is 5.91 Å². The second kappa shape index (κ2) is 7.00. The standard InChI is InChI=1S/C16H17NOS/c1-17(14-8-4-2-5-9-14)16(18)12-13-19-15-10-6-3-7-11-15/h2-11H,12-13H2,1H3. The largest absolute Gasteiger partial charge is 0.315 e. The van der Waals surface area contributed by atoms with Crippen molar-refractivity contribution in [2.75, 3.05) is 17.7 Å². The van der Waals surface area contributed by atoms with Gasteiger partial charge in [-0.1, -0.05) is 36.4 Å². The first-order valence-corrected chi connectivity index (χ1v) is 7.25. The topological polar surface area (TPSA) is 20.3 Å². The van der Waals surface area contributed by atoms with Crippen LogP contribution in [-0.4, -0.2) is 18.7 Å². The smallest absolute Gasteiger partial charge is 0.227 e.